The molecule has 1 amide bonds. The summed E-state index contributed by atoms with van der Waals surface area (Å²) in [6, 6.07) is 5.87. The minimum absolute atomic E-state index is 0.113. The molecule has 6 nitrogen and oxygen atoms in total. The Morgan fingerprint density at radius 2 is 2.45 bits per heavy atom. The fourth-order valence-electron chi connectivity index (χ4n) is 2.48. The smallest absolute Gasteiger partial charge is 0.216 e. The number of carbonyl (C=O) groups is 2. The highest BCUT2D eigenvalue weighted by Gasteiger charge is 2.32. The van der Waals surface area contributed by atoms with Crippen LogP contribution >= 0.6 is 23.6 Å². The number of amides is 1. The van der Waals surface area contributed by atoms with E-state index in [1.54, 1.807) is 0 Å². The summed E-state index contributed by atoms with van der Waals surface area (Å²) in [6.45, 7) is 2.39. The van der Waals surface area contributed by atoms with Gasteiger partial charge in [-0.2, -0.15) is 0 Å². The largest absolute Gasteiger partial charge is 0.354 e. The van der Waals surface area contributed by atoms with Crippen LogP contribution in [0.5, 0.6) is 0 Å². The van der Waals surface area contributed by atoms with Crippen molar-refractivity contribution in [2.24, 2.45) is 0 Å². The number of benzene rings is 1. The summed E-state index contributed by atoms with van der Waals surface area (Å²) >= 11 is 6.64. The van der Waals surface area contributed by atoms with Crippen LogP contribution in [-0.2, 0) is 14.3 Å². The number of hydrogen-bond acceptors (Lipinski definition) is 6. The molecule has 0 bridgehead atoms. The maximum atomic E-state index is 11.3. The summed E-state index contributed by atoms with van der Waals surface area (Å²) in [4.78, 5) is 27.3. The molecule has 0 aliphatic carbocycles. The van der Waals surface area contributed by atoms with Crippen LogP contribution in [-0.4, -0.2) is 42.6 Å². The van der Waals surface area contributed by atoms with Crippen LogP contribution in [0.1, 0.15) is 6.92 Å². The summed E-state index contributed by atoms with van der Waals surface area (Å²) in [5.41, 5.74) is 1.89. The second-order valence-electron chi connectivity index (χ2n) is 5.07. The number of thiazole rings is 1. The Bertz CT molecular complexity index is 770. The van der Waals surface area contributed by atoms with E-state index in [0.717, 1.165) is 26.1 Å². The average Bonchev–Trinajstić information content (AvgIpc) is 3.06. The predicted molar refractivity (Wildman–Crippen MR) is 87.8 cm³/mol. The number of carbonyl (C=O) groups excluding carboxylic acids is 2. The Balaban J connectivity index is 1.82. The quantitative estimate of drug-likeness (QED) is 0.658. The van der Waals surface area contributed by atoms with Crippen LogP contribution in [0.25, 0.3) is 10.2 Å². The van der Waals surface area contributed by atoms with Gasteiger partial charge in [-0.1, -0.05) is 0 Å². The van der Waals surface area contributed by atoms with E-state index >= 15 is 0 Å². The van der Waals surface area contributed by atoms with Gasteiger partial charge in [0.05, 0.1) is 16.3 Å². The zero-order chi connectivity index (χ0) is 15.7. The van der Waals surface area contributed by atoms with Crippen LogP contribution in [0.2, 0.25) is 0 Å². The minimum atomic E-state index is -0.636. The van der Waals surface area contributed by atoms with Crippen LogP contribution in [0, 0.1) is 3.95 Å². The first-order valence-electron chi connectivity index (χ1n) is 6.81. The fourth-order valence-corrected chi connectivity index (χ4v) is 3.63. The molecule has 116 valence electrons. The van der Waals surface area contributed by atoms with E-state index in [0.29, 0.717) is 13.1 Å². The number of nitrogens with one attached hydrogen (secondary N) is 2. The molecule has 1 unspecified atom stereocenters. The molecule has 3 rings (SSSR count). The van der Waals surface area contributed by atoms with Crippen molar-refractivity contribution in [2.45, 2.75) is 19.3 Å². The maximum Gasteiger partial charge on any atom is 0.216 e. The first kappa shape index (κ1) is 15.1. The number of ether oxygens (including phenoxy) is 1. The van der Waals surface area contributed by atoms with Crippen molar-refractivity contribution in [3.63, 3.8) is 0 Å². The van der Waals surface area contributed by atoms with Gasteiger partial charge in [0.2, 0.25) is 5.91 Å². The lowest BCUT2D eigenvalue weighted by Crippen LogP contribution is -2.33. The van der Waals surface area contributed by atoms with Crippen molar-refractivity contribution in [3.05, 3.63) is 22.2 Å². The Morgan fingerprint density at radius 3 is 3.18 bits per heavy atom. The third-order valence-corrected chi connectivity index (χ3v) is 4.67. The molecule has 1 fully saturated rings. The standard InChI is InChI=1S/C14H15N3O3S2/c1-8(19)15-5-10-6-17(13(7-18)20-10)9-2-3-11-12(4-9)22-14(21)16-11/h2-4,7,10,13H,5-6H2,1H3,(H,15,19)(H,16,21)/t10-,13?/m0/s1. The average molecular weight is 337 g/mol. The topological polar surface area (TPSA) is 74.4 Å². The van der Waals surface area contributed by atoms with Gasteiger partial charge < -0.3 is 19.9 Å². The van der Waals surface area contributed by atoms with Gasteiger partial charge in [-0.15, -0.1) is 11.3 Å². The van der Waals surface area contributed by atoms with Crippen molar-refractivity contribution >= 4 is 51.7 Å². The number of hydrogen-bond donors (Lipinski definition) is 2. The van der Waals surface area contributed by atoms with E-state index in [1.165, 1.54) is 18.3 Å². The lowest BCUT2D eigenvalue weighted by molar-refractivity contribution is -0.120. The molecular formula is C14H15N3O3S2. The van der Waals surface area contributed by atoms with Crippen LogP contribution in [0.4, 0.5) is 5.69 Å². The first-order valence-corrected chi connectivity index (χ1v) is 8.04. The molecule has 0 spiro atoms. The minimum Gasteiger partial charge on any atom is -0.354 e. The molecule has 0 radical (unpaired) electrons. The lowest BCUT2D eigenvalue weighted by Gasteiger charge is -2.20. The van der Waals surface area contributed by atoms with Crippen LogP contribution in [0.3, 0.4) is 0 Å². The Morgan fingerprint density at radius 1 is 1.64 bits per heavy atom. The van der Waals surface area contributed by atoms with Gasteiger partial charge >= 0.3 is 0 Å². The number of anilines is 1. The highest BCUT2D eigenvalue weighted by Crippen LogP contribution is 2.29. The second-order valence-corrected chi connectivity index (χ2v) is 6.79. The van der Waals surface area contributed by atoms with Gasteiger partial charge in [-0.05, 0) is 30.4 Å². The molecule has 0 saturated carbocycles. The molecule has 2 atom stereocenters. The van der Waals surface area contributed by atoms with Gasteiger partial charge in [0.1, 0.15) is 0 Å². The summed E-state index contributed by atoms with van der Waals surface area (Å²) < 4.78 is 7.43. The van der Waals surface area contributed by atoms with Gasteiger partial charge in [-0.3, -0.25) is 9.59 Å². The maximum absolute atomic E-state index is 11.3. The van der Waals surface area contributed by atoms with Gasteiger partial charge in [-0.25, -0.2) is 0 Å². The summed E-state index contributed by atoms with van der Waals surface area (Å²) in [5.74, 6) is -0.113. The predicted octanol–water partition coefficient (Wildman–Crippen LogP) is 1.83. The highest BCUT2D eigenvalue weighted by atomic mass is 32.1. The van der Waals surface area contributed by atoms with Crippen molar-refractivity contribution in [2.75, 3.05) is 18.0 Å². The molecule has 1 aliphatic heterocycles. The number of aldehydes is 1. The van der Waals surface area contributed by atoms with Crippen molar-refractivity contribution in [3.8, 4) is 0 Å². The van der Waals surface area contributed by atoms with E-state index in [9.17, 15) is 9.59 Å². The number of aromatic nitrogens is 1. The molecule has 2 aromatic rings. The molecular weight excluding hydrogens is 322 g/mol. The van der Waals surface area contributed by atoms with Crippen molar-refractivity contribution < 1.29 is 14.3 Å². The van der Waals surface area contributed by atoms with E-state index in [1.807, 2.05) is 23.1 Å². The second kappa shape index (κ2) is 6.15. The summed E-state index contributed by atoms with van der Waals surface area (Å²) in [6.07, 6.45) is -0.0702. The third kappa shape index (κ3) is 3.03. The zero-order valence-electron chi connectivity index (χ0n) is 11.9. The molecule has 1 aliphatic rings. The Hall–Kier alpha value is -1.77. The monoisotopic (exact) mass is 337 g/mol. The number of nitrogens with zero attached hydrogens (tertiary/aromatic N) is 1. The normalized spacial score (nSPS) is 21.2. The van der Waals surface area contributed by atoms with E-state index in [-0.39, 0.29) is 12.0 Å². The molecule has 1 aromatic heterocycles. The SMILES string of the molecule is CC(=O)NC[C@H]1CN(c2ccc3[nH]c(=S)sc3c2)C(C=O)O1. The van der Waals surface area contributed by atoms with Gasteiger partial charge in [0.15, 0.2) is 16.5 Å². The Labute approximate surface area is 136 Å². The van der Waals surface area contributed by atoms with Gasteiger partial charge in [0.25, 0.3) is 0 Å². The molecule has 1 aromatic carbocycles. The molecule has 22 heavy (non-hydrogen) atoms. The highest BCUT2D eigenvalue weighted by molar-refractivity contribution is 7.73. The van der Waals surface area contributed by atoms with Crippen molar-refractivity contribution in [1.82, 2.24) is 10.3 Å². The number of rotatable bonds is 4. The number of fused-ring (bicyclic) bond motifs is 1. The van der Waals surface area contributed by atoms with E-state index in [2.05, 4.69) is 10.3 Å². The Kier molecular flexibility index (Phi) is 4.23. The van der Waals surface area contributed by atoms with Crippen LogP contribution < -0.4 is 10.2 Å². The number of aromatic amines is 1. The fraction of sp³-hybridized carbons (Fsp3) is 0.357. The zero-order valence-corrected chi connectivity index (χ0v) is 13.5. The molecule has 2 heterocycles. The molecule has 1 saturated heterocycles. The molecule has 8 heteroatoms. The summed E-state index contributed by atoms with van der Waals surface area (Å²) in [5, 5.41) is 2.71. The first-order chi connectivity index (χ1) is 10.6. The van der Waals surface area contributed by atoms with Crippen molar-refractivity contribution in [1.29, 1.82) is 0 Å². The third-order valence-electron chi connectivity index (χ3n) is 3.47. The van der Waals surface area contributed by atoms with Crippen LogP contribution in [0.15, 0.2) is 18.2 Å². The summed E-state index contributed by atoms with van der Waals surface area (Å²) in [7, 11) is 0. The van der Waals surface area contributed by atoms with Gasteiger partial charge in [0, 0.05) is 25.7 Å². The van der Waals surface area contributed by atoms with E-state index in [4.69, 9.17) is 17.0 Å². The molecule has 2 N–H and O–H groups in total. The van der Waals surface area contributed by atoms with E-state index < -0.39 is 6.23 Å². The number of H-pyrrole nitrogens is 1. The lowest BCUT2D eigenvalue weighted by atomic mass is 10.2.